The Hall–Kier alpha value is -10.3. The molecule has 0 N–H and O–H groups in total. The van der Waals surface area contributed by atoms with Crippen LogP contribution >= 0.6 is 0 Å². The largest absolute Gasteiger partial charge is 0.309 e. The Balaban J connectivity index is 0.882. The fourth-order valence-corrected chi connectivity index (χ4v) is 12.2. The van der Waals surface area contributed by atoms with Gasteiger partial charge in [0.05, 0.1) is 55.5 Å². The van der Waals surface area contributed by atoms with Crippen LogP contribution in [0.4, 0.5) is 0 Å². The highest BCUT2D eigenvalue weighted by Crippen LogP contribution is 2.43. The number of rotatable bonds is 7. The lowest BCUT2D eigenvalue weighted by Gasteiger charge is -2.14. The van der Waals surface area contributed by atoms with Crippen LogP contribution in [0.2, 0.25) is 0 Å². The Kier molecular flexibility index (Phi) is 9.23. The van der Waals surface area contributed by atoms with Gasteiger partial charge in [-0.05, 0) is 102 Å². The molecule has 76 heavy (non-hydrogen) atoms. The number of hydrogen-bond donors (Lipinski definition) is 0. The van der Waals surface area contributed by atoms with Crippen molar-refractivity contribution >= 4 is 87.2 Å². The predicted molar refractivity (Wildman–Crippen MR) is 316 cm³/mol. The lowest BCUT2D eigenvalue weighted by atomic mass is 10.0. The van der Waals surface area contributed by atoms with Crippen LogP contribution in [0.15, 0.2) is 267 Å². The Morgan fingerprint density at radius 1 is 0.211 bits per heavy atom. The second-order valence-electron chi connectivity index (χ2n) is 19.8. The van der Waals surface area contributed by atoms with Gasteiger partial charge in [-0.3, -0.25) is 4.57 Å². The summed E-state index contributed by atoms with van der Waals surface area (Å²) in [6.45, 7) is 0. The van der Waals surface area contributed by atoms with Gasteiger partial charge in [0.15, 0.2) is 0 Å². The van der Waals surface area contributed by atoms with E-state index in [2.05, 4.69) is 285 Å². The third-order valence-corrected chi connectivity index (χ3v) is 15.6. The molecule has 0 aliphatic rings. The Bertz CT molecular complexity index is 4980. The standard InChI is InChI=1S/C70H44N6/c1-4-19-45(20-5-1)60-44-61(72-70(71-60)76-65-34-17-11-28-53(65)57-38-37-56-52-27-10-16-33-64(52)75(68(56)69(57)76)50-24-8-3-9-25-50)48-21-18-26-51(41-48)74-63-32-15-13-30-55(63)59-43-47(36-40-67(59)74)46-35-39-66-58(42-46)54-29-12-14-31-62(54)73(66)49-22-6-2-7-23-49/h1-44H. The van der Waals surface area contributed by atoms with E-state index in [1.807, 2.05) is 0 Å². The van der Waals surface area contributed by atoms with Crippen molar-refractivity contribution in [2.75, 3.05) is 0 Å². The summed E-state index contributed by atoms with van der Waals surface area (Å²) in [5.74, 6) is 0.609. The molecule has 5 aromatic heterocycles. The average molecular weight is 969 g/mol. The third kappa shape index (κ3) is 6.34. The van der Waals surface area contributed by atoms with E-state index in [1.165, 1.54) is 54.5 Å². The quantitative estimate of drug-likeness (QED) is 0.160. The summed E-state index contributed by atoms with van der Waals surface area (Å²) in [6.07, 6.45) is 0. The maximum absolute atomic E-state index is 5.62. The first-order valence-corrected chi connectivity index (χ1v) is 25.9. The molecular weight excluding hydrogens is 925 g/mol. The SMILES string of the molecule is c1ccc(-c2cc(-c3cccc(-n4c5ccccc5c5cc(-c6ccc7c(c6)c6ccccc6n7-c6ccccc6)ccc54)c3)nc(-n3c4ccccc4c4ccc5c6ccccc6n(-c6ccccc6)c5c43)n2)cc1. The summed E-state index contributed by atoms with van der Waals surface area (Å²) in [7, 11) is 0. The van der Waals surface area contributed by atoms with Crippen LogP contribution in [0.25, 0.3) is 144 Å². The lowest BCUT2D eigenvalue weighted by Crippen LogP contribution is -2.05. The molecule has 0 aliphatic carbocycles. The molecule has 0 radical (unpaired) electrons. The molecule has 16 rings (SSSR count). The fraction of sp³-hybridized carbons (Fsp3) is 0. The fourth-order valence-electron chi connectivity index (χ4n) is 12.2. The number of fused-ring (bicyclic) bond motifs is 13. The number of aromatic nitrogens is 6. The van der Waals surface area contributed by atoms with Gasteiger partial charge in [-0.25, -0.2) is 9.97 Å². The second kappa shape index (κ2) is 16.6. The third-order valence-electron chi connectivity index (χ3n) is 15.6. The summed E-state index contributed by atoms with van der Waals surface area (Å²) in [6, 6.07) is 96.2. The summed E-state index contributed by atoms with van der Waals surface area (Å²) in [4.78, 5) is 11.1. The van der Waals surface area contributed by atoms with Crippen LogP contribution < -0.4 is 0 Å². The van der Waals surface area contributed by atoms with Gasteiger partial charge in [0.25, 0.3) is 0 Å². The van der Waals surface area contributed by atoms with Crippen molar-refractivity contribution in [1.29, 1.82) is 0 Å². The topological polar surface area (TPSA) is 45.5 Å². The summed E-state index contributed by atoms with van der Waals surface area (Å²) in [5, 5.41) is 9.54. The van der Waals surface area contributed by atoms with E-state index in [-0.39, 0.29) is 0 Å². The maximum Gasteiger partial charge on any atom is 0.235 e. The van der Waals surface area contributed by atoms with E-state index in [9.17, 15) is 0 Å². The van der Waals surface area contributed by atoms with Crippen molar-refractivity contribution in [3.05, 3.63) is 267 Å². The van der Waals surface area contributed by atoms with Gasteiger partial charge in [0, 0.05) is 71.3 Å². The molecule has 0 amide bonds. The van der Waals surface area contributed by atoms with Crippen molar-refractivity contribution in [2.24, 2.45) is 0 Å². The van der Waals surface area contributed by atoms with Crippen LogP contribution in [-0.2, 0) is 0 Å². The molecule has 5 heterocycles. The zero-order chi connectivity index (χ0) is 49.8. The summed E-state index contributed by atoms with van der Waals surface area (Å²) < 4.78 is 9.49. The molecule has 11 aromatic carbocycles. The molecule has 0 atom stereocenters. The molecule has 16 aromatic rings. The molecule has 0 fully saturated rings. The molecule has 6 nitrogen and oxygen atoms in total. The van der Waals surface area contributed by atoms with Crippen LogP contribution in [0.3, 0.4) is 0 Å². The molecular formula is C70H44N6. The zero-order valence-corrected chi connectivity index (χ0v) is 41.1. The van der Waals surface area contributed by atoms with Crippen molar-refractivity contribution in [3.8, 4) is 56.7 Å². The van der Waals surface area contributed by atoms with E-state index in [4.69, 9.17) is 9.97 Å². The van der Waals surface area contributed by atoms with Gasteiger partial charge < -0.3 is 13.7 Å². The van der Waals surface area contributed by atoms with Gasteiger partial charge in [0.1, 0.15) is 0 Å². The van der Waals surface area contributed by atoms with Gasteiger partial charge in [0.2, 0.25) is 5.95 Å². The van der Waals surface area contributed by atoms with Gasteiger partial charge in [-0.15, -0.1) is 0 Å². The van der Waals surface area contributed by atoms with E-state index in [1.54, 1.807) is 0 Å². The van der Waals surface area contributed by atoms with E-state index in [0.717, 1.165) is 83.4 Å². The van der Waals surface area contributed by atoms with Crippen molar-refractivity contribution in [1.82, 2.24) is 28.2 Å². The summed E-state index contributed by atoms with van der Waals surface area (Å²) >= 11 is 0. The van der Waals surface area contributed by atoms with Crippen LogP contribution in [-0.4, -0.2) is 28.2 Å². The highest BCUT2D eigenvalue weighted by Gasteiger charge is 2.24. The molecule has 0 saturated heterocycles. The smallest absolute Gasteiger partial charge is 0.235 e. The van der Waals surface area contributed by atoms with Gasteiger partial charge in [-0.2, -0.15) is 0 Å². The van der Waals surface area contributed by atoms with Crippen molar-refractivity contribution in [3.63, 3.8) is 0 Å². The van der Waals surface area contributed by atoms with Crippen LogP contribution in [0.1, 0.15) is 0 Å². The molecule has 0 unspecified atom stereocenters. The highest BCUT2D eigenvalue weighted by molar-refractivity contribution is 6.24. The first-order chi connectivity index (χ1) is 37.7. The lowest BCUT2D eigenvalue weighted by molar-refractivity contribution is 0.994. The number of benzene rings is 11. The normalized spacial score (nSPS) is 11.9. The monoisotopic (exact) mass is 968 g/mol. The number of hydrogen-bond acceptors (Lipinski definition) is 2. The first kappa shape index (κ1) is 42.2. The molecule has 354 valence electrons. The molecule has 0 aliphatic heterocycles. The average Bonchev–Trinajstić information content (AvgIpc) is 4.30. The van der Waals surface area contributed by atoms with E-state index < -0.39 is 0 Å². The first-order valence-electron chi connectivity index (χ1n) is 25.9. The number of para-hydroxylation sites is 6. The summed E-state index contributed by atoms with van der Waals surface area (Å²) in [5.41, 5.74) is 18.4. The molecule has 0 bridgehead atoms. The minimum absolute atomic E-state index is 0.609. The Morgan fingerprint density at radius 2 is 0.592 bits per heavy atom. The van der Waals surface area contributed by atoms with Crippen molar-refractivity contribution in [2.45, 2.75) is 0 Å². The Labute approximate surface area is 436 Å². The zero-order valence-electron chi connectivity index (χ0n) is 41.1. The van der Waals surface area contributed by atoms with Crippen molar-refractivity contribution < 1.29 is 0 Å². The maximum atomic E-state index is 5.62. The molecule has 0 saturated carbocycles. The van der Waals surface area contributed by atoms with Crippen LogP contribution in [0, 0.1) is 0 Å². The Morgan fingerprint density at radius 3 is 1.14 bits per heavy atom. The minimum Gasteiger partial charge on any atom is -0.309 e. The highest BCUT2D eigenvalue weighted by atomic mass is 15.2. The van der Waals surface area contributed by atoms with Gasteiger partial charge >= 0.3 is 0 Å². The second-order valence-corrected chi connectivity index (χ2v) is 19.8. The number of nitrogens with zero attached hydrogens (tertiary/aromatic N) is 6. The predicted octanol–water partition coefficient (Wildman–Crippen LogP) is 17.9. The molecule has 0 spiro atoms. The molecule has 6 heteroatoms. The minimum atomic E-state index is 0.609. The van der Waals surface area contributed by atoms with E-state index in [0.29, 0.717) is 5.95 Å². The van der Waals surface area contributed by atoms with E-state index >= 15 is 0 Å². The van der Waals surface area contributed by atoms with Gasteiger partial charge in [-0.1, -0.05) is 176 Å². The van der Waals surface area contributed by atoms with Crippen LogP contribution in [0.5, 0.6) is 0 Å².